The zero-order chi connectivity index (χ0) is 37.3. The minimum Gasteiger partial charge on any atom is -0.444 e. The number of likely N-dealkylation sites (tertiary alicyclic amines) is 1. The molecule has 0 bridgehead atoms. The first-order valence-corrected chi connectivity index (χ1v) is 17.5. The summed E-state index contributed by atoms with van der Waals surface area (Å²) in [6.07, 6.45) is -3.65. The van der Waals surface area contributed by atoms with Crippen LogP contribution in [0, 0.1) is 12.7 Å². The number of amides is 1. The van der Waals surface area contributed by atoms with Crippen LogP contribution < -0.4 is 10.1 Å². The molecule has 1 aliphatic rings. The van der Waals surface area contributed by atoms with E-state index in [4.69, 9.17) is 9.47 Å². The van der Waals surface area contributed by atoms with Gasteiger partial charge in [0, 0.05) is 49.4 Å². The zero-order valence-corrected chi connectivity index (χ0v) is 29.3. The van der Waals surface area contributed by atoms with E-state index in [1.807, 2.05) is 0 Å². The summed E-state index contributed by atoms with van der Waals surface area (Å²) in [4.78, 5) is 27.2. The number of halogens is 5. The maximum absolute atomic E-state index is 15.1. The number of ether oxygens (including phenoxy) is 2. The molecule has 1 saturated heterocycles. The Morgan fingerprint density at radius 1 is 1.04 bits per heavy atom. The molecular weight excluding hydrogens is 699 g/mol. The molecule has 3 heterocycles. The lowest BCUT2D eigenvalue weighted by molar-refractivity contribution is -0.134. The predicted molar refractivity (Wildman–Crippen MR) is 180 cm³/mol. The number of nitrogens with zero attached hydrogens (tertiary/aromatic N) is 5. The molecule has 0 spiro atoms. The Kier molecular flexibility index (Phi) is 10.7. The maximum atomic E-state index is 15.1. The van der Waals surface area contributed by atoms with Gasteiger partial charge in [-0.2, -0.15) is 17.5 Å². The smallest absolute Gasteiger partial charge is 0.410 e. The number of aryl methyl sites for hydroxylation is 1. The molecule has 0 radical (unpaired) electrons. The van der Waals surface area contributed by atoms with E-state index in [2.05, 4.69) is 20.3 Å². The van der Waals surface area contributed by atoms with Gasteiger partial charge in [-0.25, -0.2) is 36.9 Å². The van der Waals surface area contributed by atoms with Crippen molar-refractivity contribution in [2.75, 3.05) is 32.0 Å². The highest BCUT2D eigenvalue weighted by Gasteiger charge is 2.35. The van der Waals surface area contributed by atoms with Gasteiger partial charge in [-0.1, -0.05) is 12.1 Å². The Balaban J connectivity index is 1.42. The summed E-state index contributed by atoms with van der Waals surface area (Å²) in [7, 11) is -3.78. The fourth-order valence-corrected chi connectivity index (χ4v) is 6.81. The number of alkyl halides is 4. The SMILES string of the molecule is Cc1ccc2c(CS(=O)(=O)N(C)CC(F)(F)F)c(F)ccc2c1Oc1ncccc1-c1ccnc(N[C@@H]2C[C@@H](F)CN(C(=O)OC(C)(C)C)C2)n1. The quantitative estimate of drug-likeness (QED) is 0.181. The number of aromatic nitrogens is 3. The zero-order valence-electron chi connectivity index (χ0n) is 28.5. The number of hydrogen-bond acceptors (Lipinski definition) is 9. The molecule has 4 aromatic rings. The lowest BCUT2D eigenvalue weighted by Crippen LogP contribution is -2.51. The molecule has 0 saturated carbocycles. The highest BCUT2D eigenvalue weighted by atomic mass is 32.2. The van der Waals surface area contributed by atoms with E-state index < -0.39 is 58.2 Å². The van der Waals surface area contributed by atoms with Crippen LogP contribution in [-0.2, 0) is 20.5 Å². The predicted octanol–water partition coefficient (Wildman–Crippen LogP) is 7.01. The van der Waals surface area contributed by atoms with Crippen molar-refractivity contribution in [1.29, 1.82) is 0 Å². The van der Waals surface area contributed by atoms with E-state index in [0.29, 0.717) is 22.2 Å². The van der Waals surface area contributed by atoms with Crippen LogP contribution in [-0.4, -0.2) is 89.3 Å². The number of pyridine rings is 1. The van der Waals surface area contributed by atoms with Gasteiger partial charge in [0.2, 0.25) is 21.9 Å². The van der Waals surface area contributed by atoms with Gasteiger partial charge in [-0.05, 0) is 69.0 Å². The first kappa shape index (κ1) is 37.6. The molecule has 1 N–H and O–H groups in total. The molecule has 1 aliphatic heterocycles. The van der Waals surface area contributed by atoms with Gasteiger partial charge in [0.15, 0.2) is 0 Å². The summed E-state index contributed by atoms with van der Waals surface area (Å²) in [5, 5.41) is 3.53. The Morgan fingerprint density at radius 2 is 1.76 bits per heavy atom. The second-order valence-corrected chi connectivity index (χ2v) is 15.3. The fraction of sp³-hybridized carbons (Fsp3) is 0.412. The molecule has 11 nitrogen and oxygen atoms in total. The fourth-order valence-electron chi connectivity index (χ4n) is 5.59. The number of carbonyl (C=O) groups excluding carboxylic acids is 1. The molecular formula is C34H37F5N6O5S. The van der Waals surface area contributed by atoms with Gasteiger partial charge in [-0.15, -0.1) is 0 Å². The van der Waals surface area contributed by atoms with Crippen molar-refractivity contribution in [3.05, 3.63) is 71.8 Å². The number of nitrogens with one attached hydrogen (secondary N) is 1. The first-order valence-electron chi connectivity index (χ1n) is 15.9. The van der Waals surface area contributed by atoms with Crippen LogP contribution in [0.1, 0.15) is 38.3 Å². The largest absolute Gasteiger partial charge is 0.444 e. The third-order valence-electron chi connectivity index (χ3n) is 7.89. The molecule has 2 aromatic heterocycles. The second-order valence-electron chi connectivity index (χ2n) is 13.2. The minimum atomic E-state index is -4.78. The summed E-state index contributed by atoms with van der Waals surface area (Å²) < 4.78 is 106. The van der Waals surface area contributed by atoms with Crippen LogP contribution in [0.15, 0.2) is 54.9 Å². The molecule has 1 amide bonds. The highest BCUT2D eigenvalue weighted by molar-refractivity contribution is 7.88. The summed E-state index contributed by atoms with van der Waals surface area (Å²) in [5.41, 5.74) is 0.301. The van der Waals surface area contributed by atoms with Gasteiger partial charge < -0.3 is 19.7 Å². The van der Waals surface area contributed by atoms with Gasteiger partial charge in [0.1, 0.15) is 29.9 Å². The number of benzene rings is 2. The van der Waals surface area contributed by atoms with Crippen LogP contribution in [0.2, 0.25) is 0 Å². The van der Waals surface area contributed by atoms with Gasteiger partial charge in [0.25, 0.3) is 0 Å². The molecule has 274 valence electrons. The van der Waals surface area contributed by atoms with Crippen molar-refractivity contribution in [3.8, 4) is 22.9 Å². The average Bonchev–Trinajstić information content (AvgIpc) is 3.02. The van der Waals surface area contributed by atoms with E-state index in [1.165, 1.54) is 29.4 Å². The summed E-state index contributed by atoms with van der Waals surface area (Å²) >= 11 is 0. The number of piperidine rings is 1. The van der Waals surface area contributed by atoms with Gasteiger partial charge >= 0.3 is 12.3 Å². The molecule has 5 rings (SSSR count). The molecule has 51 heavy (non-hydrogen) atoms. The summed E-state index contributed by atoms with van der Waals surface area (Å²) in [6.45, 7) is 5.23. The first-order chi connectivity index (χ1) is 23.8. The number of sulfonamides is 1. The highest BCUT2D eigenvalue weighted by Crippen LogP contribution is 2.39. The third kappa shape index (κ3) is 9.38. The molecule has 2 atom stereocenters. The van der Waals surface area contributed by atoms with Crippen molar-refractivity contribution >= 4 is 32.8 Å². The van der Waals surface area contributed by atoms with Crippen molar-refractivity contribution in [2.45, 2.75) is 63.9 Å². The number of anilines is 1. The normalized spacial score (nSPS) is 17.1. The average molecular weight is 737 g/mol. The Labute approximate surface area is 291 Å². The number of fused-ring (bicyclic) bond motifs is 1. The van der Waals surface area contributed by atoms with Crippen molar-refractivity contribution in [2.24, 2.45) is 0 Å². The molecule has 2 aromatic carbocycles. The van der Waals surface area contributed by atoms with Crippen LogP contribution in [0.3, 0.4) is 0 Å². The lowest BCUT2D eigenvalue weighted by atomic mass is 10.0. The van der Waals surface area contributed by atoms with Gasteiger partial charge in [0.05, 0.1) is 23.6 Å². The van der Waals surface area contributed by atoms with Crippen LogP contribution in [0.5, 0.6) is 11.6 Å². The summed E-state index contributed by atoms with van der Waals surface area (Å²) in [5.74, 6) is -1.48. The third-order valence-corrected chi connectivity index (χ3v) is 9.62. The number of hydrogen-bond donors (Lipinski definition) is 1. The van der Waals surface area contributed by atoms with Crippen molar-refractivity contribution in [3.63, 3.8) is 0 Å². The summed E-state index contributed by atoms with van der Waals surface area (Å²) in [6, 6.07) is 9.89. The Bertz CT molecular complexity index is 2030. The van der Waals surface area contributed by atoms with E-state index in [0.717, 1.165) is 13.1 Å². The number of rotatable bonds is 9. The van der Waals surface area contributed by atoms with Crippen LogP contribution in [0.25, 0.3) is 22.0 Å². The van der Waals surface area contributed by atoms with Crippen LogP contribution >= 0.6 is 0 Å². The lowest BCUT2D eigenvalue weighted by Gasteiger charge is -2.36. The minimum absolute atomic E-state index is 0.0822. The van der Waals surface area contributed by atoms with Crippen molar-refractivity contribution in [1.82, 2.24) is 24.2 Å². The van der Waals surface area contributed by atoms with Crippen molar-refractivity contribution < 1.29 is 44.6 Å². The Morgan fingerprint density at radius 3 is 2.47 bits per heavy atom. The van der Waals surface area contributed by atoms with Crippen LogP contribution in [0.4, 0.5) is 32.7 Å². The van der Waals surface area contributed by atoms with E-state index >= 15 is 4.39 Å². The number of carbonyl (C=O) groups is 1. The molecule has 0 aliphatic carbocycles. The molecule has 1 fully saturated rings. The topological polar surface area (TPSA) is 127 Å². The monoisotopic (exact) mass is 736 g/mol. The second kappa shape index (κ2) is 14.5. The Hall–Kier alpha value is -4.64. The van der Waals surface area contributed by atoms with E-state index in [1.54, 1.807) is 52.0 Å². The van der Waals surface area contributed by atoms with E-state index in [-0.39, 0.29) is 52.3 Å². The van der Waals surface area contributed by atoms with Gasteiger partial charge in [-0.3, -0.25) is 0 Å². The van der Waals surface area contributed by atoms with E-state index in [9.17, 15) is 30.8 Å². The maximum Gasteiger partial charge on any atom is 0.410 e. The molecule has 17 heteroatoms. The standard InChI is InChI=1S/C34H37F5N6O5S/c1-20-8-9-23-24(10-11-27(36)26(23)18-51(47,48)44(5)19-34(37,38)39)29(20)49-30-25(7-6-13-40-30)28-12-14-41-31(43-28)42-22-15-21(35)16-45(17-22)32(46)50-33(2,3)4/h6-14,21-22H,15-19H2,1-5H3,(H,41,42,43)/t21-,22-/m1/s1. The molecule has 0 unspecified atom stereocenters.